The van der Waals surface area contributed by atoms with Crippen molar-refractivity contribution in [3.8, 4) is 5.75 Å². The number of methoxy groups -OCH3 is 1. The molecule has 1 aliphatic rings. The van der Waals surface area contributed by atoms with Crippen LogP contribution in [0, 0.1) is 5.92 Å². The minimum atomic E-state index is 0.00483. The lowest BCUT2D eigenvalue weighted by Gasteiger charge is -2.33. The second-order valence-electron chi connectivity index (χ2n) is 7.26. The van der Waals surface area contributed by atoms with E-state index in [1.165, 1.54) is 10.4 Å². The normalized spacial score (nSPS) is 18.4. The number of nitrogens with zero attached hydrogens (tertiary/aromatic N) is 1. The lowest BCUT2D eigenvalue weighted by molar-refractivity contribution is -0.124. The molecule has 26 heavy (non-hydrogen) atoms. The number of hydrogen-bond acceptors (Lipinski definition) is 4. The molecule has 2 heterocycles. The van der Waals surface area contributed by atoms with Crippen molar-refractivity contribution in [2.24, 2.45) is 5.92 Å². The smallest absolute Gasteiger partial charge is 0.234 e. The summed E-state index contributed by atoms with van der Waals surface area (Å²) in [6, 6.07) is 10.5. The Morgan fingerprint density at radius 2 is 2.04 bits per heavy atom. The zero-order valence-electron chi connectivity index (χ0n) is 16.0. The molecule has 4 nitrogen and oxygen atoms in total. The van der Waals surface area contributed by atoms with Gasteiger partial charge in [0.05, 0.1) is 19.7 Å². The first-order chi connectivity index (χ1) is 12.5. The molecule has 0 unspecified atom stereocenters. The van der Waals surface area contributed by atoms with Crippen LogP contribution < -0.4 is 10.1 Å². The van der Waals surface area contributed by atoms with E-state index in [1.54, 1.807) is 7.11 Å². The van der Waals surface area contributed by atoms with Gasteiger partial charge < -0.3 is 10.1 Å². The van der Waals surface area contributed by atoms with Crippen LogP contribution in [0.5, 0.6) is 5.75 Å². The highest BCUT2D eigenvalue weighted by Gasteiger charge is 2.27. The van der Waals surface area contributed by atoms with Gasteiger partial charge in [-0.15, -0.1) is 11.3 Å². The molecule has 1 amide bonds. The highest BCUT2D eigenvalue weighted by Crippen LogP contribution is 2.32. The standard InChI is InChI=1S/C21H28N2O2S/c1-14(2)21(16-5-7-17(25-4)8-6-16)22-20(24)13-23-11-9-19-18(15(23)3)10-12-26-19/h5-8,10,12,14-15,21H,9,11,13H2,1-4H3,(H,22,24)/t15-,21+/m0/s1. The van der Waals surface area contributed by atoms with Crippen molar-refractivity contribution in [3.63, 3.8) is 0 Å². The average molecular weight is 373 g/mol. The highest BCUT2D eigenvalue weighted by molar-refractivity contribution is 7.10. The van der Waals surface area contributed by atoms with Gasteiger partial charge in [-0.1, -0.05) is 26.0 Å². The zero-order valence-corrected chi connectivity index (χ0v) is 16.8. The molecule has 1 aliphatic heterocycles. The minimum Gasteiger partial charge on any atom is -0.497 e. The van der Waals surface area contributed by atoms with E-state index in [4.69, 9.17) is 4.74 Å². The van der Waals surface area contributed by atoms with E-state index >= 15 is 0 Å². The quantitative estimate of drug-likeness (QED) is 0.827. The summed E-state index contributed by atoms with van der Waals surface area (Å²) < 4.78 is 5.23. The molecule has 1 aromatic carbocycles. The highest BCUT2D eigenvalue weighted by atomic mass is 32.1. The fraction of sp³-hybridized carbons (Fsp3) is 0.476. The fourth-order valence-corrected chi connectivity index (χ4v) is 4.59. The number of fused-ring (bicyclic) bond motifs is 1. The molecule has 0 saturated heterocycles. The van der Waals surface area contributed by atoms with Crippen molar-refractivity contribution in [2.75, 3.05) is 20.2 Å². The van der Waals surface area contributed by atoms with Gasteiger partial charge in [-0.05, 0) is 54.0 Å². The van der Waals surface area contributed by atoms with Crippen molar-refractivity contribution >= 4 is 17.2 Å². The summed E-state index contributed by atoms with van der Waals surface area (Å²) >= 11 is 1.83. The summed E-state index contributed by atoms with van der Waals surface area (Å²) in [6.45, 7) is 7.85. The Hall–Kier alpha value is -1.85. The van der Waals surface area contributed by atoms with Gasteiger partial charge in [0.25, 0.3) is 0 Å². The first kappa shape index (κ1) is 18.9. The van der Waals surface area contributed by atoms with Gasteiger partial charge in [0.15, 0.2) is 0 Å². The summed E-state index contributed by atoms with van der Waals surface area (Å²) in [5.74, 6) is 1.23. The number of nitrogens with one attached hydrogen (secondary N) is 1. The number of rotatable bonds is 6. The number of thiophene rings is 1. The van der Waals surface area contributed by atoms with E-state index in [-0.39, 0.29) is 11.9 Å². The van der Waals surface area contributed by atoms with Crippen molar-refractivity contribution < 1.29 is 9.53 Å². The molecule has 0 spiro atoms. The molecule has 1 N–H and O–H groups in total. The van der Waals surface area contributed by atoms with Crippen LogP contribution in [0.25, 0.3) is 0 Å². The van der Waals surface area contributed by atoms with Crippen LogP contribution in [-0.2, 0) is 11.2 Å². The molecular weight excluding hydrogens is 344 g/mol. The predicted octanol–water partition coefficient (Wildman–Crippen LogP) is 4.19. The molecule has 0 fully saturated rings. The number of amides is 1. The Bertz CT molecular complexity index is 739. The zero-order chi connectivity index (χ0) is 18.7. The molecular formula is C21H28N2O2S. The van der Waals surface area contributed by atoms with Crippen LogP contribution in [-0.4, -0.2) is 31.0 Å². The van der Waals surface area contributed by atoms with Gasteiger partial charge in [-0.25, -0.2) is 0 Å². The summed E-state index contributed by atoms with van der Waals surface area (Å²) in [5.41, 5.74) is 2.49. The molecule has 140 valence electrons. The maximum absolute atomic E-state index is 12.7. The van der Waals surface area contributed by atoms with Gasteiger partial charge in [-0.3, -0.25) is 9.69 Å². The van der Waals surface area contributed by atoms with E-state index < -0.39 is 0 Å². The number of ether oxygens (including phenoxy) is 1. The summed E-state index contributed by atoms with van der Waals surface area (Å²) in [6.07, 6.45) is 1.04. The van der Waals surface area contributed by atoms with Crippen LogP contribution in [0.2, 0.25) is 0 Å². The monoisotopic (exact) mass is 372 g/mol. The van der Waals surface area contributed by atoms with Gasteiger partial charge in [0.2, 0.25) is 5.91 Å². The van der Waals surface area contributed by atoms with Crippen molar-refractivity contribution in [1.29, 1.82) is 0 Å². The maximum atomic E-state index is 12.7. The lowest BCUT2D eigenvalue weighted by Crippen LogP contribution is -2.43. The maximum Gasteiger partial charge on any atom is 0.234 e. The molecule has 0 bridgehead atoms. The summed E-state index contributed by atoms with van der Waals surface area (Å²) in [4.78, 5) is 16.5. The molecule has 2 aromatic rings. The number of hydrogen-bond donors (Lipinski definition) is 1. The molecule has 5 heteroatoms. The lowest BCUT2D eigenvalue weighted by atomic mass is 9.95. The SMILES string of the molecule is COc1ccc([C@H](NC(=O)CN2CCc3sccc3[C@@H]2C)C(C)C)cc1. The van der Waals surface area contributed by atoms with Crippen LogP contribution in [0.1, 0.15) is 48.9 Å². The molecule has 0 aliphatic carbocycles. The Morgan fingerprint density at radius 1 is 1.31 bits per heavy atom. The van der Waals surface area contributed by atoms with Crippen LogP contribution in [0.4, 0.5) is 0 Å². The third-order valence-corrected chi connectivity index (χ3v) is 6.21. The topological polar surface area (TPSA) is 41.6 Å². The van der Waals surface area contributed by atoms with Crippen molar-refractivity contribution in [1.82, 2.24) is 10.2 Å². The Morgan fingerprint density at radius 3 is 2.69 bits per heavy atom. The van der Waals surface area contributed by atoms with E-state index in [1.807, 2.05) is 35.6 Å². The Kier molecular flexibility index (Phi) is 5.99. The predicted molar refractivity (Wildman–Crippen MR) is 107 cm³/mol. The van der Waals surface area contributed by atoms with Crippen molar-refractivity contribution in [2.45, 2.75) is 39.3 Å². The molecule has 0 saturated carbocycles. The molecule has 1 aromatic heterocycles. The van der Waals surface area contributed by atoms with Crippen LogP contribution >= 0.6 is 11.3 Å². The summed E-state index contributed by atoms with van der Waals surface area (Å²) in [7, 11) is 1.66. The summed E-state index contributed by atoms with van der Waals surface area (Å²) in [5, 5.41) is 5.39. The average Bonchev–Trinajstić information content (AvgIpc) is 3.11. The largest absolute Gasteiger partial charge is 0.497 e. The van der Waals surface area contributed by atoms with E-state index in [9.17, 15) is 4.79 Å². The first-order valence-corrected chi connectivity index (χ1v) is 10.1. The van der Waals surface area contributed by atoms with Crippen LogP contribution in [0.3, 0.4) is 0 Å². The molecule has 3 rings (SSSR count). The van der Waals surface area contributed by atoms with Gasteiger partial charge in [0.1, 0.15) is 5.75 Å². The third-order valence-electron chi connectivity index (χ3n) is 5.21. The second kappa shape index (κ2) is 8.23. The second-order valence-corrected chi connectivity index (χ2v) is 8.26. The van der Waals surface area contributed by atoms with E-state index in [2.05, 4.69) is 42.4 Å². The Balaban J connectivity index is 1.65. The van der Waals surface area contributed by atoms with Crippen LogP contribution in [0.15, 0.2) is 35.7 Å². The van der Waals surface area contributed by atoms with E-state index in [0.717, 1.165) is 24.3 Å². The number of benzene rings is 1. The third kappa shape index (κ3) is 4.10. The van der Waals surface area contributed by atoms with Gasteiger partial charge in [-0.2, -0.15) is 0 Å². The van der Waals surface area contributed by atoms with E-state index in [0.29, 0.717) is 18.5 Å². The van der Waals surface area contributed by atoms with Gasteiger partial charge in [0, 0.05) is 17.5 Å². The first-order valence-electron chi connectivity index (χ1n) is 9.23. The molecule has 0 radical (unpaired) electrons. The van der Waals surface area contributed by atoms with Crippen molar-refractivity contribution in [3.05, 3.63) is 51.7 Å². The fourth-order valence-electron chi connectivity index (χ4n) is 3.63. The minimum absolute atomic E-state index is 0.00483. The van der Waals surface area contributed by atoms with Gasteiger partial charge >= 0.3 is 0 Å². The Labute approximate surface area is 160 Å². The number of carbonyl (C=O) groups is 1. The number of carbonyl (C=O) groups excluding carboxylic acids is 1. The molecule has 2 atom stereocenters.